The van der Waals surface area contributed by atoms with Crippen molar-refractivity contribution < 1.29 is 21.7 Å². The summed E-state index contributed by atoms with van der Waals surface area (Å²) in [5, 5.41) is 0. The Balaban J connectivity index is -0.000000480. The van der Waals surface area contributed by atoms with Crippen molar-refractivity contribution in [3.8, 4) is 0 Å². The van der Waals surface area contributed by atoms with Gasteiger partial charge in [-0.25, -0.2) is 4.57 Å². The maximum Gasteiger partial charge on any atom is 2.00 e. The topological polar surface area (TPSA) is 66.8 Å². The van der Waals surface area contributed by atoms with Gasteiger partial charge in [0.05, 0.1) is 6.61 Å². The van der Waals surface area contributed by atoms with E-state index in [1.54, 1.807) is 24.3 Å². The van der Waals surface area contributed by atoms with E-state index in [0.29, 0.717) is 0 Å². The van der Waals surface area contributed by atoms with Gasteiger partial charge in [0.25, 0.3) is 0 Å². The van der Waals surface area contributed by atoms with Crippen LogP contribution in [-0.4, -0.2) is 47.5 Å². The number of rotatable bonds is 3. The van der Waals surface area contributed by atoms with Crippen molar-refractivity contribution in [2.24, 2.45) is 0 Å². The van der Waals surface area contributed by atoms with E-state index < -0.39 is 7.82 Å². The molecule has 0 heterocycles. The van der Waals surface area contributed by atoms with Crippen LogP contribution in [0.4, 0.5) is 0 Å². The Labute approximate surface area is 109 Å². The molecule has 0 unspecified atom stereocenters. The van der Waals surface area contributed by atoms with Crippen LogP contribution in [0, 0.1) is 0 Å². The number of phosphoric acid groups is 1. The Morgan fingerprint density at radius 2 is 1.85 bits per heavy atom. The summed E-state index contributed by atoms with van der Waals surface area (Å²) in [6.07, 6.45) is 0. The molecule has 70 valence electrons. The fraction of sp³-hybridized carbons (Fsp3) is 0.143. The van der Waals surface area contributed by atoms with E-state index >= 15 is 0 Å². The quantitative estimate of drug-likeness (QED) is 0.603. The molecule has 6 heteroatoms. The molecule has 13 heavy (non-hydrogen) atoms. The fourth-order valence-corrected chi connectivity index (χ4v) is 1.05. The number of hydrogen-bond acceptors (Lipinski definition) is 2. The van der Waals surface area contributed by atoms with Crippen molar-refractivity contribution in [2.45, 2.75) is 6.61 Å². The number of phosphoric ester groups is 1. The third-order valence-corrected chi connectivity index (χ3v) is 1.71. The molecule has 0 aliphatic rings. The number of hydrogen-bond donors (Lipinski definition) is 2. The molecule has 0 spiro atoms. The predicted molar refractivity (Wildman–Crippen MR) is 51.3 cm³/mol. The molecule has 2 N–H and O–H groups in total. The van der Waals surface area contributed by atoms with Crippen molar-refractivity contribution in [3.05, 3.63) is 35.9 Å². The molecule has 0 aliphatic carbocycles. The average Bonchev–Trinajstić information content (AvgIpc) is 2.02. The molecule has 0 aliphatic heterocycles. The second-order valence-corrected chi connectivity index (χ2v) is 3.49. The van der Waals surface area contributed by atoms with Gasteiger partial charge in [-0.3, -0.25) is 4.52 Å². The third-order valence-electron chi connectivity index (χ3n) is 1.24. The average molecular weight is 230 g/mol. The Morgan fingerprint density at radius 1 is 1.31 bits per heavy atom. The molecule has 0 fully saturated rings. The molecule has 0 amide bonds. The van der Waals surface area contributed by atoms with E-state index in [4.69, 9.17) is 9.79 Å². The van der Waals surface area contributed by atoms with Crippen molar-refractivity contribution in [1.82, 2.24) is 0 Å². The van der Waals surface area contributed by atoms with Crippen LogP contribution in [0.15, 0.2) is 30.3 Å². The van der Waals surface area contributed by atoms with Crippen LogP contribution in [0.25, 0.3) is 0 Å². The summed E-state index contributed by atoms with van der Waals surface area (Å²) in [6.45, 7) is -0.0644. The molecule has 1 rings (SSSR count). The van der Waals surface area contributed by atoms with Gasteiger partial charge >= 0.3 is 45.6 Å². The minimum absolute atomic E-state index is 0. The molecular weight excluding hydrogens is 219 g/mol. The molecule has 1 aromatic carbocycles. The zero-order valence-corrected chi connectivity index (χ0v) is 10.1. The first-order chi connectivity index (χ1) is 5.58. The first-order valence-corrected chi connectivity index (χ1v) is 4.85. The Hall–Kier alpha value is 0.590. The first kappa shape index (κ1) is 13.6. The van der Waals surface area contributed by atoms with Gasteiger partial charge in [0, 0.05) is 0 Å². The van der Waals surface area contributed by atoms with Gasteiger partial charge in [0.1, 0.15) is 0 Å². The SMILES string of the molecule is O=P(O)(O)OCc1ccccc1.[Ca+2].[H-].[H-]. The molecule has 0 saturated heterocycles. The molecule has 0 aromatic heterocycles. The van der Waals surface area contributed by atoms with Gasteiger partial charge < -0.3 is 12.6 Å². The van der Waals surface area contributed by atoms with E-state index in [9.17, 15) is 4.57 Å². The second kappa shape index (κ2) is 6.14. The fourth-order valence-electron chi connectivity index (χ4n) is 0.733. The van der Waals surface area contributed by atoms with Crippen LogP contribution in [-0.2, 0) is 15.7 Å². The molecule has 1 aromatic rings. The van der Waals surface area contributed by atoms with Crippen LogP contribution < -0.4 is 0 Å². The predicted octanol–water partition coefficient (Wildman–Crippen LogP) is 1.14. The summed E-state index contributed by atoms with van der Waals surface area (Å²) in [5.41, 5.74) is 0.737. The molecule has 4 nitrogen and oxygen atoms in total. The van der Waals surface area contributed by atoms with E-state index in [2.05, 4.69) is 4.52 Å². The van der Waals surface area contributed by atoms with Gasteiger partial charge in [-0.05, 0) is 5.56 Å². The van der Waals surface area contributed by atoms with Crippen LogP contribution >= 0.6 is 7.82 Å². The van der Waals surface area contributed by atoms with Gasteiger partial charge in [-0.2, -0.15) is 0 Å². The molecule has 0 saturated carbocycles. The normalized spacial score (nSPS) is 10.6. The summed E-state index contributed by atoms with van der Waals surface area (Å²) < 4.78 is 14.6. The summed E-state index contributed by atoms with van der Waals surface area (Å²) in [5.74, 6) is 0. The van der Waals surface area contributed by atoms with Crippen LogP contribution in [0.2, 0.25) is 0 Å². The van der Waals surface area contributed by atoms with E-state index in [1.165, 1.54) is 0 Å². The van der Waals surface area contributed by atoms with E-state index in [1.807, 2.05) is 6.07 Å². The molecule has 0 atom stereocenters. The van der Waals surface area contributed by atoms with Crippen molar-refractivity contribution in [3.63, 3.8) is 0 Å². The molecular formula is C7H11CaO4P. The summed E-state index contributed by atoms with van der Waals surface area (Å²) in [6, 6.07) is 8.84. The largest absolute Gasteiger partial charge is 2.00 e. The van der Waals surface area contributed by atoms with Crippen molar-refractivity contribution in [1.29, 1.82) is 0 Å². The monoisotopic (exact) mass is 230 g/mol. The molecule has 0 bridgehead atoms. The summed E-state index contributed by atoms with van der Waals surface area (Å²) >= 11 is 0. The zero-order chi connectivity index (χ0) is 9.03. The van der Waals surface area contributed by atoms with E-state index in [-0.39, 0.29) is 47.2 Å². The van der Waals surface area contributed by atoms with Crippen LogP contribution in [0.3, 0.4) is 0 Å². The minimum atomic E-state index is -4.33. The Bertz CT molecular complexity index is 292. The number of benzene rings is 1. The smallest absolute Gasteiger partial charge is 1.00 e. The Morgan fingerprint density at radius 3 is 2.31 bits per heavy atom. The third kappa shape index (κ3) is 6.63. The standard InChI is InChI=1S/C7H9O4P.Ca.2H/c8-12(9,10)11-6-7-4-2-1-3-5-7;;;/h1-5H,6H2,(H2,8,9,10);;;/q;+2;2*-1. The molecule has 0 radical (unpaired) electrons. The van der Waals surface area contributed by atoms with Crippen molar-refractivity contribution >= 4 is 45.6 Å². The van der Waals surface area contributed by atoms with E-state index in [0.717, 1.165) is 5.56 Å². The van der Waals surface area contributed by atoms with Gasteiger partial charge in [-0.15, -0.1) is 0 Å². The van der Waals surface area contributed by atoms with Gasteiger partial charge in [0.15, 0.2) is 0 Å². The summed E-state index contributed by atoms with van der Waals surface area (Å²) in [4.78, 5) is 16.7. The van der Waals surface area contributed by atoms with Gasteiger partial charge in [0.2, 0.25) is 0 Å². The maximum absolute atomic E-state index is 10.3. The zero-order valence-electron chi connectivity index (χ0n) is 8.96. The minimum Gasteiger partial charge on any atom is -1.00 e. The van der Waals surface area contributed by atoms with Crippen LogP contribution in [0.1, 0.15) is 8.42 Å². The second-order valence-electron chi connectivity index (χ2n) is 2.25. The van der Waals surface area contributed by atoms with Crippen LogP contribution in [0.5, 0.6) is 0 Å². The maximum atomic E-state index is 10.3. The van der Waals surface area contributed by atoms with Crippen molar-refractivity contribution in [2.75, 3.05) is 0 Å². The Kier molecular flexibility index (Phi) is 6.42. The summed E-state index contributed by atoms with van der Waals surface area (Å²) in [7, 11) is -4.33. The first-order valence-electron chi connectivity index (χ1n) is 3.32. The van der Waals surface area contributed by atoms with Gasteiger partial charge in [-0.1, -0.05) is 30.3 Å².